The first-order chi connectivity index (χ1) is 19.9. The van der Waals surface area contributed by atoms with Gasteiger partial charge in [-0.15, -0.1) is 0 Å². The number of methoxy groups -OCH3 is 1. The molecule has 0 unspecified atom stereocenters. The predicted octanol–water partition coefficient (Wildman–Crippen LogP) is 5.03. The highest BCUT2D eigenvalue weighted by atomic mass is 16.6. The highest BCUT2D eigenvalue weighted by molar-refractivity contribution is 6.10. The summed E-state index contributed by atoms with van der Waals surface area (Å²) in [4.78, 5) is 43.1. The number of hydrogen-bond acceptors (Lipinski definition) is 7. The van der Waals surface area contributed by atoms with Crippen LogP contribution in [0.3, 0.4) is 0 Å². The number of hydrogen-bond donors (Lipinski definition) is 2. The molecule has 2 fully saturated rings. The number of anilines is 2. The van der Waals surface area contributed by atoms with E-state index < -0.39 is 11.7 Å². The molecule has 11 nitrogen and oxygen atoms in total. The highest BCUT2D eigenvalue weighted by Crippen LogP contribution is 2.38. The maximum Gasteiger partial charge on any atom is 0.407 e. The number of amides is 3. The molecular formula is C31H41N5O6. The van der Waals surface area contributed by atoms with Gasteiger partial charge in [-0.25, -0.2) is 4.79 Å². The van der Waals surface area contributed by atoms with Crippen LogP contribution in [0.5, 0.6) is 5.75 Å². The summed E-state index contributed by atoms with van der Waals surface area (Å²) in [7, 11) is 3.13. The normalized spacial score (nSPS) is 19.0. The van der Waals surface area contributed by atoms with Gasteiger partial charge in [0.25, 0.3) is 11.8 Å². The number of carbonyl (C=O) groups excluding carboxylic acids is 3. The summed E-state index contributed by atoms with van der Waals surface area (Å²) in [6.07, 6.45) is 4.84. The van der Waals surface area contributed by atoms with Crippen molar-refractivity contribution in [3.05, 3.63) is 41.8 Å². The number of nitrogens with two attached hydrogens (primary N) is 1. The fraction of sp³-hybridized carbons (Fsp3) is 0.516. The quantitative estimate of drug-likeness (QED) is 0.375. The first kappa shape index (κ1) is 29.3. The minimum atomic E-state index is -0.614. The maximum absolute atomic E-state index is 13.8. The zero-order chi connectivity index (χ0) is 30.3. The molecule has 5 rings (SSSR count). The second kappa shape index (κ2) is 11.3. The van der Waals surface area contributed by atoms with Crippen LogP contribution in [0.2, 0.25) is 0 Å². The number of furan rings is 1. The number of rotatable bonds is 7. The monoisotopic (exact) mass is 579 g/mol. The zero-order valence-corrected chi connectivity index (χ0v) is 25.2. The third-order valence-corrected chi connectivity index (χ3v) is 7.93. The molecule has 1 saturated heterocycles. The lowest BCUT2D eigenvalue weighted by Crippen LogP contribution is -2.53. The molecule has 11 heteroatoms. The van der Waals surface area contributed by atoms with Gasteiger partial charge in [0.15, 0.2) is 0 Å². The number of carbonyl (C=O) groups is 3. The lowest BCUT2D eigenvalue weighted by molar-refractivity contribution is 0.0412. The Morgan fingerprint density at radius 1 is 1.14 bits per heavy atom. The Morgan fingerprint density at radius 2 is 1.88 bits per heavy atom. The Bertz CT molecular complexity index is 1500. The van der Waals surface area contributed by atoms with Crippen molar-refractivity contribution in [3.63, 3.8) is 0 Å². The first-order valence-corrected chi connectivity index (χ1v) is 14.5. The van der Waals surface area contributed by atoms with E-state index in [1.54, 1.807) is 30.3 Å². The van der Waals surface area contributed by atoms with E-state index in [9.17, 15) is 14.4 Å². The molecular weight excluding hydrogens is 538 g/mol. The molecule has 3 amide bonds. The van der Waals surface area contributed by atoms with E-state index >= 15 is 0 Å². The lowest BCUT2D eigenvalue weighted by atomic mass is 9.98. The predicted molar refractivity (Wildman–Crippen MR) is 160 cm³/mol. The van der Waals surface area contributed by atoms with E-state index in [1.165, 1.54) is 12.0 Å². The van der Waals surface area contributed by atoms with Gasteiger partial charge < -0.3 is 39.3 Å². The van der Waals surface area contributed by atoms with Gasteiger partial charge in [0.1, 0.15) is 22.7 Å². The molecule has 3 aromatic rings. The van der Waals surface area contributed by atoms with Crippen molar-refractivity contribution in [1.29, 1.82) is 0 Å². The molecule has 1 aliphatic carbocycles. The van der Waals surface area contributed by atoms with Gasteiger partial charge in [0.05, 0.1) is 19.1 Å². The van der Waals surface area contributed by atoms with Crippen LogP contribution in [-0.4, -0.2) is 65.8 Å². The van der Waals surface area contributed by atoms with Crippen LogP contribution >= 0.6 is 0 Å². The Labute approximate surface area is 245 Å². The van der Waals surface area contributed by atoms with Crippen molar-refractivity contribution in [1.82, 2.24) is 14.8 Å². The molecule has 0 radical (unpaired) electrons. The third-order valence-electron chi connectivity index (χ3n) is 7.93. The van der Waals surface area contributed by atoms with Crippen LogP contribution in [0.15, 0.2) is 34.9 Å². The number of likely N-dealkylation sites (tertiary alicyclic amines) is 1. The molecule has 3 N–H and O–H groups in total. The number of nitrogens with one attached hydrogen (secondary N) is 1. The molecule has 0 spiro atoms. The average Bonchev–Trinajstić information content (AvgIpc) is 3.52. The van der Waals surface area contributed by atoms with Gasteiger partial charge >= 0.3 is 6.09 Å². The van der Waals surface area contributed by atoms with Gasteiger partial charge in [0, 0.05) is 43.2 Å². The second-order valence-corrected chi connectivity index (χ2v) is 12.5. The minimum absolute atomic E-state index is 0.0391. The van der Waals surface area contributed by atoms with Crippen molar-refractivity contribution in [3.8, 4) is 5.75 Å². The first-order valence-electron chi connectivity index (χ1n) is 14.5. The Kier molecular flexibility index (Phi) is 7.87. The number of nitrogens with zero attached hydrogens (tertiary/aromatic N) is 3. The van der Waals surface area contributed by atoms with Gasteiger partial charge in [0.2, 0.25) is 5.71 Å². The van der Waals surface area contributed by atoms with Gasteiger partial charge in [-0.3, -0.25) is 9.59 Å². The van der Waals surface area contributed by atoms with Gasteiger partial charge in [-0.1, -0.05) is 0 Å². The summed E-state index contributed by atoms with van der Waals surface area (Å²) in [5, 5.41) is 3.75. The summed E-state index contributed by atoms with van der Waals surface area (Å²) in [5.41, 5.74) is 8.04. The Balaban J connectivity index is 1.37. The Hall–Kier alpha value is -4.15. The molecule has 42 heavy (non-hydrogen) atoms. The number of piperidine rings is 1. The summed E-state index contributed by atoms with van der Waals surface area (Å²) in [6.45, 7) is 8.45. The number of fused-ring (bicyclic) bond motifs is 1. The van der Waals surface area contributed by atoms with Crippen molar-refractivity contribution in [2.75, 3.05) is 31.3 Å². The summed E-state index contributed by atoms with van der Waals surface area (Å²) >= 11 is 0. The van der Waals surface area contributed by atoms with Crippen LogP contribution < -0.4 is 20.7 Å². The topological polar surface area (TPSA) is 132 Å². The standard InChI is InChI=1S/C31H41N5O6/c1-18-7-10-22(33-30(39)42-31(2,3)4)17-35(18)27(37)21-13-23(32)26(25(15-21)40-6)34(5)28(38)24-14-20-11-12-41-29(20)36(24)16-19-8-9-19/h11-15,18-19,22H,7-10,16-17,32H2,1-6H3,(H,33,39)/t18-,22+/m0/s1. The average molecular weight is 580 g/mol. The third kappa shape index (κ3) is 6.05. The van der Waals surface area contributed by atoms with E-state index in [0.717, 1.165) is 31.1 Å². The summed E-state index contributed by atoms with van der Waals surface area (Å²) in [6, 6.07) is 6.60. The molecule has 226 valence electrons. The molecule has 1 aliphatic heterocycles. The smallest absolute Gasteiger partial charge is 0.407 e. The van der Waals surface area contributed by atoms with E-state index in [-0.39, 0.29) is 29.6 Å². The van der Waals surface area contributed by atoms with Crippen LogP contribution in [-0.2, 0) is 11.3 Å². The van der Waals surface area contributed by atoms with E-state index in [1.807, 2.05) is 44.4 Å². The van der Waals surface area contributed by atoms with Crippen LogP contribution in [0.4, 0.5) is 16.2 Å². The van der Waals surface area contributed by atoms with E-state index in [0.29, 0.717) is 47.4 Å². The van der Waals surface area contributed by atoms with Gasteiger partial charge in [-0.05, 0) is 83.6 Å². The fourth-order valence-electron chi connectivity index (χ4n) is 5.58. The number of aromatic nitrogens is 1. The minimum Gasteiger partial charge on any atom is -0.494 e. The second-order valence-electron chi connectivity index (χ2n) is 12.5. The summed E-state index contributed by atoms with van der Waals surface area (Å²) in [5.74, 6) is 0.351. The largest absolute Gasteiger partial charge is 0.494 e. The maximum atomic E-state index is 13.8. The lowest BCUT2D eigenvalue weighted by Gasteiger charge is -2.38. The van der Waals surface area contributed by atoms with E-state index in [2.05, 4.69) is 5.32 Å². The number of benzene rings is 1. The molecule has 1 saturated carbocycles. The molecule has 2 atom stereocenters. The molecule has 2 aliphatic rings. The van der Waals surface area contributed by atoms with Crippen molar-refractivity contribution in [2.24, 2.45) is 5.92 Å². The van der Waals surface area contributed by atoms with Crippen LogP contribution in [0.1, 0.15) is 74.2 Å². The van der Waals surface area contributed by atoms with Crippen molar-refractivity contribution in [2.45, 2.75) is 77.6 Å². The molecule has 0 bridgehead atoms. The zero-order valence-electron chi connectivity index (χ0n) is 25.2. The van der Waals surface area contributed by atoms with Crippen molar-refractivity contribution >= 4 is 40.4 Å². The number of nitrogen functional groups attached to an aromatic ring is 1. The van der Waals surface area contributed by atoms with Crippen LogP contribution in [0, 0.1) is 5.92 Å². The number of alkyl carbamates (subject to hydrolysis) is 1. The number of ether oxygens (including phenoxy) is 2. The molecule has 2 aromatic heterocycles. The SMILES string of the molecule is COc1cc(C(=O)N2C[C@H](NC(=O)OC(C)(C)C)CC[C@@H]2C)cc(N)c1N(C)C(=O)c1cc2ccoc2n1CC1CC1. The molecule has 3 heterocycles. The van der Waals surface area contributed by atoms with E-state index in [4.69, 9.17) is 19.6 Å². The summed E-state index contributed by atoms with van der Waals surface area (Å²) < 4.78 is 18.7. The highest BCUT2D eigenvalue weighted by Gasteiger charge is 2.33. The van der Waals surface area contributed by atoms with Crippen LogP contribution in [0.25, 0.3) is 11.1 Å². The fourth-order valence-corrected chi connectivity index (χ4v) is 5.58. The van der Waals surface area contributed by atoms with Crippen molar-refractivity contribution < 1.29 is 28.3 Å². The van der Waals surface area contributed by atoms with Gasteiger partial charge in [-0.2, -0.15) is 0 Å². The Morgan fingerprint density at radius 3 is 2.55 bits per heavy atom. The molecule has 1 aromatic carbocycles.